The van der Waals surface area contributed by atoms with E-state index < -0.39 is 0 Å². The van der Waals surface area contributed by atoms with E-state index in [1.807, 2.05) is 12.1 Å². The number of hydrogen-bond acceptors (Lipinski definition) is 1. The minimum Gasteiger partial charge on any atom is -0.309 e. The van der Waals surface area contributed by atoms with Crippen LogP contribution in [0.5, 0.6) is 0 Å². The Kier molecular flexibility index (Phi) is 6.61. The van der Waals surface area contributed by atoms with Gasteiger partial charge in [-0.2, -0.15) is 5.26 Å². The monoisotopic (exact) mass is 699 g/mol. The van der Waals surface area contributed by atoms with E-state index in [2.05, 4.69) is 188 Å². The Balaban J connectivity index is 1.18. The van der Waals surface area contributed by atoms with Crippen molar-refractivity contribution in [2.24, 2.45) is 0 Å². The Hall–Kier alpha value is -7.86. The van der Waals surface area contributed by atoms with Crippen molar-refractivity contribution in [1.82, 2.24) is 13.7 Å². The lowest BCUT2D eigenvalue weighted by Gasteiger charge is -2.18. The van der Waals surface area contributed by atoms with E-state index >= 15 is 0 Å². The molecule has 5 heteroatoms. The van der Waals surface area contributed by atoms with Gasteiger partial charge in [-0.15, -0.1) is 0 Å². The molecule has 0 saturated heterocycles. The summed E-state index contributed by atoms with van der Waals surface area (Å²) in [7, 11) is 0. The van der Waals surface area contributed by atoms with E-state index in [0.29, 0.717) is 11.3 Å². The van der Waals surface area contributed by atoms with Gasteiger partial charge in [0.15, 0.2) is 0 Å². The first kappa shape index (κ1) is 30.7. The van der Waals surface area contributed by atoms with Crippen LogP contribution in [0.4, 0.5) is 5.69 Å². The quantitative estimate of drug-likeness (QED) is 0.169. The van der Waals surface area contributed by atoms with Gasteiger partial charge in [0.1, 0.15) is 0 Å². The smallest absolute Gasteiger partial charge is 0.206 e. The van der Waals surface area contributed by atoms with E-state index in [-0.39, 0.29) is 0 Å². The third kappa shape index (κ3) is 4.45. The zero-order chi connectivity index (χ0) is 36.6. The van der Waals surface area contributed by atoms with Crippen molar-refractivity contribution in [3.63, 3.8) is 0 Å². The van der Waals surface area contributed by atoms with Crippen LogP contribution in [0.25, 0.3) is 98.5 Å². The van der Waals surface area contributed by atoms with Crippen LogP contribution in [-0.4, -0.2) is 13.7 Å². The summed E-state index contributed by atoms with van der Waals surface area (Å²) in [6.07, 6.45) is 0. The lowest BCUT2D eigenvalue weighted by molar-refractivity contribution is 1.09. The maximum Gasteiger partial charge on any atom is 0.206 e. The van der Waals surface area contributed by atoms with Crippen LogP contribution in [0.15, 0.2) is 176 Å². The van der Waals surface area contributed by atoms with Crippen molar-refractivity contribution in [3.8, 4) is 34.3 Å². The van der Waals surface area contributed by atoms with Gasteiger partial charge in [-0.3, -0.25) is 0 Å². The molecule has 0 aliphatic rings. The fourth-order valence-corrected chi connectivity index (χ4v) is 8.71. The highest BCUT2D eigenvalue weighted by atomic mass is 15.1. The molecule has 8 aromatic carbocycles. The van der Waals surface area contributed by atoms with Gasteiger partial charge in [0.05, 0.1) is 62.7 Å². The first-order valence-electron chi connectivity index (χ1n) is 18.3. The molecule has 11 aromatic rings. The summed E-state index contributed by atoms with van der Waals surface area (Å²) in [6, 6.07) is 64.0. The maximum atomic E-state index is 10.3. The van der Waals surface area contributed by atoms with Gasteiger partial charge in [0, 0.05) is 38.0 Å². The molecule has 0 N–H and O–H groups in total. The fourth-order valence-electron chi connectivity index (χ4n) is 8.71. The number of fused-ring (bicyclic) bond motifs is 9. The van der Waals surface area contributed by atoms with Crippen molar-refractivity contribution in [2.75, 3.05) is 0 Å². The number of rotatable bonds is 4. The molecule has 5 nitrogen and oxygen atoms in total. The third-order valence-corrected chi connectivity index (χ3v) is 11.1. The second-order valence-electron chi connectivity index (χ2n) is 14.0. The van der Waals surface area contributed by atoms with Gasteiger partial charge in [0.25, 0.3) is 0 Å². The normalized spacial score (nSPS) is 11.6. The summed E-state index contributed by atoms with van der Waals surface area (Å²) in [5, 5.41) is 17.3. The highest BCUT2D eigenvalue weighted by Gasteiger charge is 2.22. The molecular weight excluding hydrogens is 671 g/mol. The third-order valence-electron chi connectivity index (χ3n) is 11.1. The largest absolute Gasteiger partial charge is 0.309 e. The number of benzene rings is 8. The van der Waals surface area contributed by atoms with Crippen molar-refractivity contribution >= 4 is 71.1 Å². The summed E-state index contributed by atoms with van der Waals surface area (Å²) in [6.45, 7) is 8.05. The molecule has 11 rings (SSSR count). The second-order valence-corrected chi connectivity index (χ2v) is 14.0. The Morgan fingerprint density at radius 3 is 1.44 bits per heavy atom. The Labute approximate surface area is 316 Å². The van der Waals surface area contributed by atoms with Crippen LogP contribution in [0.2, 0.25) is 0 Å². The van der Waals surface area contributed by atoms with Crippen LogP contribution in [0.3, 0.4) is 0 Å². The highest BCUT2D eigenvalue weighted by Crippen LogP contribution is 2.42. The van der Waals surface area contributed by atoms with E-state index in [1.54, 1.807) is 0 Å². The van der Waals surface area contributed by atoms with Crippen LogP contribution in [0.1, 0.15) is 5.56 Å². The number of nitriles is 1. The molecule has 3 heterocycles. The van der Waals surface area contributed by atoms with Crippen molar-refractivity contribution in [1.29, 1.82) is 5.26 Å². The minimum atomic E-state index is 0.328. The first-order valence-corrected chi connectivity index (χ1v) is 18.3. The molecule has 254 valence electrons. The van der Waals surface area contributed by atoms with Gasteiger partial charge in [-0.05, 0) is 77.9 Å². The van der Waals surface area contributed by atoms with Gasteiger partial charge in [0.2, 0.25) is 5.69 Å². The molecule has 0 amide bonds. The van der Waals surface area contributed by atoms with Crippen molar-refractivity contribution in [2.45, 2.75) is 0 Å². The number of para-hydroxylation sites is 5. The van der Waals surface area contributed by atoms with Crippen molar-refractivity contribution < 1.29 is 0 Å². The number of aromatic nitrogens is 3. The summed E-state index contributed by atoms with van der Waals surface area (Å²) in [5.41, 5.74) is 12.2. The lowest BCUT2D eigenvalue weighted by Crippen LogP contribution is -2.04. The topological polar surface area (TPSA) is 42.9 Å². The molecule has 0 fully saturated rings. The molecule has 3 aromatic heterocycles. The average molecular weight is 700 g/mol. The van der Waals surface area contributed by atoms with Gasteiger partial charge in [-0.1, -0.05) is 109 Å². The van der Waals surface area contributed by atoms with E-state index in [0.717, 1.165) is 77.3 Å². The maximum absolute atomic E-state index is 10.3. The predicted octanol–water partition coefficient (Wildman–Crippen LogP) is 13.1. The van der Waals surface area contributed by atoms with Gasteiger partial charge in [-0.25, -0.2) is 4.85 Å². The number of hydrogen-bond donors (Lipinski definition) is 0. The van der Waals surface area contributed by atoms with Gasteiger partial charge >= 0.3 is 0 Å². The molecule has 0 aliphatic carbocycles. The minimum absolute atomic E-state index is 0.328. The van der Waals surface area contributed by atoms with E-state index in [1.165, 1.54) is 16.3 Å². The molecule has 55 heavy (non-hydrogen) atoms. The summed E-state index contributed by atoms with van der Waals surface area (Å²) >= 11 is 0. The lowest BCUT2D eigenvalue weighted by atomic mass is 10.0. The van der Waals surface area contributed by atoms with Crippen LogP contribution < -0.4 is 0 Å². The van der Waals surface area contributed by atoms with Crippen molar-refractivity contribution in [3.05, 3.63) is 193 Å². The fraction of sp³-hybridized carbons (Fsp3) is 0. The molecule has 0 radical (unpaired) electrons. The second kappa shape index (κ2) is 11.8. The first-order chi connectivity index (χ1) is 27.2. The SMILES string of the molecule is [C-]#[N+]c1cc(-n2c3ccccc3c3ccccc32)c(-n2c3ccccc3c3cc(-c4ccc5c6ccccc6n(-c6ccccc6)c5c4)ccc32)cc1C#N. The Morgan fingerprint density at radius 1 is 0.400 bits per heavy atom. The number of nitrogens with zero attached hydrogens (tertiary/aromatic N) is 5. The molecule has 0 bridgehead atoms. The molecule has 0 unspecified atom stereocenters. The zero-order valence-electron chi connectivity index (χ0n) is 29.5. The Morgan fingerprint density at radius 2 is 0.855 bits per heavy atom. The Bertz CT molecular complexity index is 3400. The van der Waals surface area contributed by atoms with Crippen LogP contribution in [0, 0.1) is 17.9 Å². The standard InChI is InChI=1S/C50H29N5/c1-52-42-30-50(54-44-20-10-6-15-36(44)37-16-7-11-21-45(37)54)49(29-34(42)31-51)55-46-22-12-8-18-39(46)41-27-32(24-26-47(41)55)33-23-25-40-38-17-5-9-19-43(38)53(48(40)28-33)35-13-3-2-4-14-35/h2-30H. The average Bonchev–Trinajstić information content (AvgIpc) is 3.88. The zero-order valence-corrected chi connectivity index (χ0v) is 29.5. The van der Waals surface area contributed by atoms with E-state index in [9.17, 15) is 5.26 Å². The van der Waals surface area contributed by atoms with Gasteiger partial charge < -0.3 is 13.7 Å². The highest BCUT2D eigenvalue weighted by molar-refractivity contribution is 6.13. The molecule has 0 spiro atoms. The van der Waals surface area contributed by atoms with E-state index in [4.69, 9.17) is 6.57 Å². The van der Waals surface area contributed by atoms with Crippen LogP contribution in [-0.2, 0) is 0 Å². The molecular formula is C50H29N5. The molecule has 0 aliphatic heterocycles. The van der Waals surface area contributed by atoms with Crippen LogP contribution >= 0.6 is 0 Å². The molecule has 0 saturated carbocycles. The summed E-state index contributed by atoms with van der Waals surface area (Å²) in [4.78, 5) is 3.83. The predicted molar refractivity (Wildman–Crippen MR) is 226 cm³/mol. The molecule has 0 atom stereocenters. The summed E-state index contributed by atoms with van der Waals surface area (Å²) < 4.78 is 6.86. The summed E-state index contributed by atoms with van der Waals surface area (Å²) in [5.74, 6) is 0.